The lowest BCUT2D eigenvalue weighted by molar-refractivity contribution is 0.102. The predicted octanol–water partition coefficient (Wildman–Crippen LogP) is 4.64. The molecule has 134 valence electrons. The number of nitrogens with zero attached hydrogens (tertiary/aromatic N) is 2. The fourth-order valence-electron chi connectivity index (χ4n) is 2.47. The summed E-state index contributed by atoms with van der Waals surface area (Å²) in [6.07, 6.45) is 0.531. The summed E-state index contributed by atoms with van der Waals surface area (Å²) in [4.78, 5) is 13.5. The molecular weight excluding hydrogens is 346 g/mol. The fourth-order valence-corrected chi connectivity index (χ4v) is 3.13. The van der Waals surface area contributed by atoms with Gasteiger partial charge in [0.25, 0.3) is 5.91 Å². The minimum Gasteiger partial charge on any atom is -0.407 e. The summed E-state index contributed by atoms with van der Waals surface area (Å²) >= 11 is 1.80. The van der Waals surface area contributed by atoms with E-state index >= 15 is 0 Å². The van der Waals surface area contributed by atoms with E-state index < -0.39 is 0 Å². The minimum atomic E-state index is -0.260. The standard InChI is InChI=1S/C20H21N3O2S/c1-4-26-17-9-6-15(7-10-17)12-18-22-23-20(25-18)21-19(24)16-8-5-13(2)14(3)11-16/h5-11H,4,12H2,1-3H3,(H,21,23,24). The van der Waals surface area contributed by atoms with Gasteiger partial charge in [-0.05, 0) is 60.6 Å². The van der Waals surface area contributed by atoms with Crippen LogP contribution < -0.4 is 5.32 Å². The zero-order valence-electron chi connectivity index (χ0n) is 15.1. The molecule has 0 fully saturated rings. The number of aromatic nitrogens is 2. The molecule has 5 nitrogen and oxygen atoms in total. The molecule has 0 unspecified atom stereocenters. The maximum absolute atomic E-state index is 12.3. The number of carbonyl (C=O) groups is 1. The van der Waals surface area contributed by atoms with Crippen LogP contribution in [0.15, 0.2) is 51.8 Å². The van der Waals surface area contributed by atoms with Crippen LogP contribution >= 0.6 is 11.8 Å². The highest BCUT2D eigenvalue weighted by Crippen LogP contribution is 2.19. The summed E-state index contributed by atoms with van der Waals surface area (Å²) < 4.78 is 5.55. The fraction of sp³-hybridized carbons (Fsp3) is 0.250. The second-order valence-electron chi connectivity index (χ2n) is 6.01. The van der Waals surface area contributed by atoms with Gasteiger partial charge in [-0.15, -0.1) is 16.9 Å². The van der Waals surface area contributed by atoms with Gasteiger partial charge in [0.2, 0.25) is 5.89 Å². The third-order valence-corrected chi connectivity index (χ3v) is 4.94. The van der Waals surface area contributed by atoms with Gasteiger partial charge in [-0.1, -0.05) is 30.2 Å². The number of carbonyl (C=O) groups excluding carboxylic acids is 1. The maximum atomic E-state index is 12.3. The van der Waals surface area contributed by atoms with Crippen molar-refractivity contribution < 1.29 is 9.21 Å². The lowest BCUT2D eigenvalue weighted by Gasteiger charge is -2.04. The van der Waals surface area contributed by atoms with Crippen molar-refractivity contribution >= 4 is 23.7 Å². The Labute approximate surface area is 157 Å². The van der Waals surface area contributed by atoms with Crippen molar-refractivity contribution in [1.29, 1.82) is 0 Å². The Morgan fingerprint density at radius 3 is 2.54 bits per heavy atom. The van der Waals surface area contributed by atoms with Gasteiger partial charge in [-0.2, -0.15) is 0 Å². The van der Waals surface area contributed by atoms with Crippen LogP contribution in [-0.2, 0) is 6.42 Å². The van der Waals surface area contributed by atoms with Gasteiger partial charge in [0, 0.05) is 10.5 Å². The summed E-state index contributed by atoms with van der Waals surface area (Å²) in [7, 11) is 0. The van der Waals surface area contributed by atoms with Gasteiger partial charge in [0.1, 0.15) is 0 Å². The second-order valence-corrected chi connectivity index (χ2v) is 7.35. The Hall–Kier alpha value is -2.60. The van der Waals surface area contributed by atoms with Crippen LogP contribution in [0.3, 0.4) is 0 Å². The summed E-state index contributed by atoms with van der Waals surface area (Å²) in [5, 5.41) is 10.6. The molecule has 1 amide bonds. The number of thioether (sulfide) groups is 1. The Kier molecular flexibility index (Phi) is 5.73. The highest BCUT2D eigenvalue weighted by molar-refractivity contribution is 7.99. The normalized spacial score (nSPS) is 10.7. The van der Waals surface area contributed by atoms with E-state index in [9.17, 15) is 4.79 Å². The van der Waals surface area contributed by atoms with E-state index in [-0.39, 0.29) is 11.9 Å². The van der Waals surface area contributed by atoms with Crippen LogP contribution in [0.25, 0.3) is 0 Å². The molecule has 6 heteroatoms. The number of amides is 1. The number of aryl methyl sites for hydroxylation is 2. The molecule has 0 saturated heterocycles. The Morgan fingerprint density at radius 2 is 1.85 bits per heavy atom. The molecular formula is C20H21N3O2S. The van der Waals surface area contributed by atoms with Gasteiger partial charge < -0.3 is 4.42 Å². The van der Waals surface area contributed by atoms with Gasteiger partial charge in [-0.25, -0.2) is 0 Å². The first-order valence-electron chi connectivity index (χ1n) is 8.48. The lowest BCUT2D eigenvalue weighted by Crippen LogP contribution is -2.12. The third-order valence-electron chi connectivity index (χ3n) is 4.05. The lowest BCUT2D eigenvalue weighted by atomic mass is 10.1. The molecule has 0 saturated carbocycles. The van der Waals surface area contributed by atoms with Crippen molar-refractivity contribution in [2.45, 2.75) is 32.1 Å². The zero-order chi connectivity index (χ0) is 18.5. The van der Waals surface area contributed by atoms with E-state index in [4.69, 9.17) is 4.42 Å². The van der Waals surface area contributed by atoms with Crippen molar-refractivity contribution in [3.63, 3.8) is 0 Å². The SMILES string of the molecule is CCSc1ccc(Cc2nnc(NC(=O)c3ccc(C)c(C)c3)o2)cc1. The summed E-state index contributed by atoms with van der Waals surface area (Å²) in [5.74, 6) is 1.26. The first kappa shape index (κ1) is 18.2. The van der Waals surface area contributed by atoms with E-state index in [1.54, 1.807) is 17.8 Å². The van der Waals surface area contributed by atoms with Crippen molar-refractivity contribution in [3.05, 3.63) is 70.6 Å². The number of benzene rings is 2. The Balaban J connectivity index is 1.63. The van der Waals surface area contributed by atoms with Gasteiger partial charge in [-0.3, -0.25) is 10.1 Å². The average molecular weight is 367 g/mol. The van der Waals surface area contributed by atoms with Gasteiger partial charge in [0.05, 0.1) is 6.42 Å². The molecule has 26 heavy (non-hydrogen) atoms. The van der Waals surface area contributed by atoms with Crippen LogP contribution in [0.2, 0.25) is 0 Å². The molecule has 0 radical (unpaired) electrons. The summed E-state index contributed by atoms with van der Waals surface area (Å²) in [6, 6.07) is 13.9. The summed E-state index contributed by atoms with van der Waals surface area (Å²) in [5.41, 5.74) is 3.86. The first-order valence-corrected chi connectivity index (χ1v) is 9.46. The van der Waals surface area contributed by atoms with Crippen molar-refractivity contribution in [1.82, 2.24) is 10.2 Å². The van der Waals surface area contributed by atoms with Gasteiger partial charge in [0.15, 0.2) is 0 Å². The first-order chi connectivity index (χ1) is 12.5. The molecule has 0 aliphatic heterocycles. The number of rotatable bonds is 6. The van der Waals surface area contributed by atoms with Crippen LogP contribution in [0.1, 0.15) is 39.9 Å². The van der Waals surface area contributed by atoms with Gasteiger partial charge >= 0.3 is 6.01 Å². The molecule has 1 heterocycles. The number of hydrogen-bond acceptors (Lipinski definition) is 5. The number of nitrogens with one attached hydrogen (secondary N) is 1. The highest BCUT2D eigenvalue weighted by atomic mass is 32.2. The van der Waals surface area contributed by atoms with Crippen molar-refractivity contribution in [2.24, 2.45) is 0 Å². The minimum absolute atomic E-state index is 0.112. The second kappa shape index (κ2) is 8.19. The van der Waals surface area contributed by atoms with E-state index in [1.807, 2.05) is 26.0 Å². The number of anilines is 1. The third kappa shape index (κ3) is 4.52. The molecule has 3 rings (SSSR count). The molecule has 2 aromatic carbocycles. The van der Waals surface area contributed by atoms with E-state index in [1.165, 1.54) is 4.90 Å². The highest BCUT2D eigenvalue weighted by Gasteiger charge is 2.12. The molecule has 1 aromatic heterocycles. The Bertz CT molecular complexity index is 904. The van der Waals surface area contributed by atoms with Crippen LogP contribution in [0.4, 0.5) is 6.01 Å². The monoisotopic (exact) mass is 367 g/mol. The molecule has 0 atom stereocenters. The number of hydrogen-bond donors (Lipinski definition) is 1. The van der Waals surface area contributed by atoms with Crippen molar-refractivity contribution in [2.75, 3.05) is 11.1 Å². The molecule has 0 aliphatic rings. The maximum Gasteiger partial charge on any atom is 0.322 e. The van der Waals surface area contributed by atoms with Crippen LogP contribution in [-0.4, -0.2) is 21.9 Å². The molecule has 3 aromatic rings. The quantitative estimate of drug-likeness (QED) is 0.643. The largest absolute Gasteiger partial charge is 0.407 e. The van der Waals surface area contributed by atoms with E-state index in [2.05, 4.69) is 46.7 Å². The van der Waals surface area contributed by atoms with E-state index in [0.717, 1.165) is 22.4 Å². The van der Waals surface area contributed by atoms with E-state index in [0.29, 0.717) is 17.9 Å². The molecule has 0 bridgehead atoms. The summed E-state index contributed by atoms with van der Waals surface area (Å²) in [6.45, 7) is 6.11. The molecule has 0 spiro atoms. The zero-order valence-corrected chi connectivity index (χ0v) is 15.9. The van der Waals surface area contributed by atoms with Crippen molar-refractivity contribution in [3.8, 4) is 0 Å². The Morgan fingerprint density at radius 1 is 1.08 bits per heavy atom. The molecule has 0 aliphatic carbocycles. The smallest absolute Gasteiger partial charge is 0.322 e. The van der Waals surface area contributed by atoms with Crippen LogP contribution in [0.5, 0.6) is 0 Å². The molecule has 1 N–H and O–H groups in total. The topological polar surface area (TPSA) is 68.0 Å². The predicted molar refractivity (Wildman–Crippen MR) is 104 cm³/mol. The van der Waals surface area contributed by atoms with Crippen LogP contribution in [0, 0.1) is 13.8 Å². The average Bonchev–Trinajstić information content (AvgIpc) is 3.06.